The van der Waals surface area contributed by atoms with Crippen molar-refractivity contribution in [3.63, 3.8) is 0 Å². The molecule has 1 heterocycles. The molecule has 0 aliphatic heterocycles. The molecule has 1 amide bonds. The minimum atomic E-state index is -0.134. The quantitative estimate of drug-likeness (QED) is 0.584. The molecular weight excluding hydrogens is 393 g/mol. The van der Waals surface area contributed by atoms with Crippen LogP contribution in [0.1, 0.15) is 41.7 Å². The Hall–Kier alpha value is -2.30. The Labute approximate surface area is 174 Å². The van der Waals surface area contributed by atoms with Crippen molar-refractivity contribution in [1.82, 2.24) is 15.1 Å². The molecule has 3 aromatic rings. The van der Waals surface area contributed by atoms with Crippen molar-refractivity contribution in [3.8, 4) is 16.9 Å². The molecule has 144 valence electrons. The third-order valence-corrected chi connectivity index (χ3v) is 5.75. The van der Waals surface area contributed by atoms with E-state index >= 15 is 0 Å². The van der Waals surface area contributed by atoms with Gasteiger partial charge >= 0.3 is 0 Å². The van der Waals surface area contributed by atoms with Crippen LogP contribution in [0.15, 0.2) is 48.5 Å². The van der Waals surface area contributed by atoms with Crippen molar-refractivity contribution < 1.29 is 4.79 Å². The lowest BCUT2D eigenvalue weighted by Crippen LogP contribution is -2.33. The highest BCUT2D eigenvalue weighted by Crippen LogP contribution is 2.32. The van der Waals surface area contributed by atoms with Crippen molar-refractivity contribution in [3.05, 3.63) is 69.8 Å². The van der Waals surface area contributed by atoms with Crippen LogP contribution in [0.5, 0.6) is 0 Å². The Morgan fingerprint density at radius 1 is 1.11 bits per heavy atom. The van der Waals surface area contributed by atoms with Gasteiger partial charge in [-0.15, -0.1) is 0 Å². The summed E-state index contributed by atoms with van der Waals surface area (Å²) in [5, 5.41) is 8.84. The van der Waals surface area contributed by atoms with Crippen molar-refractivity contribution in [1.29, 1.82) is 0 Å². The molecule has 6 heteroatoms. The molecular formula is C22H21Cl2N3O. The Bertz CT molecular complexity index is 1010. The van der Waals surface area contributed by atoms with Crippen molar-refractivity contribution in [2.45, 2.75) is 38.6 Å². The van der Waals surface area contributed by atoms with E-state index in [0.29, 0.717) is 21.4 Å². The molecule has 0 radical (unpaired) electrons. The van der Waals surface area contributed by atoms with Crippen LogP contribution in [0.25, 0.3) is 16.9 Å². The van der Waals surface area contributed by atoms with E-state index in [-0.39, 0.29) is 11.9 Å². The van der Waals surface area contributed by atoms with Gasteiger partial charge in [0.1, 0.15) is 0 Å². The van der Waals surface area contributed by atoms with Gasteiger partial charge < -0.3 is 5.32 Å². The summed E-state index contributed by atoms with van der Waals surface area (Å²) in [7, 11) is 0. The van der Waals surface area contributed by atoms with Gasteiger partial charge in [0.2, 0.25) is 0 Å². The van der Waals surface area contributed by atoms with Crippen LogP contribution in [-0.2, 0) is 0 Å². The lowest BCUT2D eigenvalue weighted by molar-refractivity contribution is 0.0932. The normalized spacial score (nSPS) is 14.4. The Kier molecular flexibility index (Phi) is 5.42. The number of hydrogen-bond donors (Lipinski definition) is 1. The zero-order valence-corrected chi connectivity index (χ0v) is 17.1. The average molecular weight is 414 g/mol. The highest BCUT2D eigenvalue weighted by molar-refractivity contribution is 6.35. The number of hydrogen-bond acceptors (Lipinski definition) is 2. The van der Waals surface area contributed by atoms with Crippen LogP contribution < -0.4 is 5.32 Å². The largest absolute Gasteiger partial charge is 0.348 e. The van der Waals surface area contributed by atoms with Gasteiger partial charge in [-0.3, -0.25) is 4.79 Å². The van der Waals surface area contributed by atoms with E-state index < -0.39 is 0 Å². The van der Waals surface area contributed by atoms with Crippen LogP contribution >= 0.6 is 23.2 Å². The van der Waals surface area contributed by atoms with E-state index in [1.165, 1.54) is 0 Å². The maximum absolute atomic E-state index is 12.9. The number of amides is 1. The molecule has 0 saturated heterocycles. The van der Waals surface area contributed by atoms with Gasteiger partial charge in [0.25, 0.3) is 5.91 Å². The summed E-state index contributed by atoms with van der Waals surface area (Å²) >= 11 is 12.5. The monoisotopic (exact) mass is 413 g/mol. The summed E-state index contributed by atoms with van der Waals surface area (Å²) in [6.07, 6.45) is 4.38. The van der Waals surface area contributed by atoms with Gasteiger partial charge in [-0.2, -0.15) is 5.10 Å². The third kappa shape index (κ3) is 3.67. The fourth-order valence-electron chi connectivity index (χ4n) is 3.80. The van der Waals surface area contributed by atoms with E-state index in [1.807, 2.05) is 43.3 Å². The first-order chi connectivity index (χ1) is 13.5. The molecule has 0 spiro atoms. The van der Waals surface area contributed by atoms with Crippen LogP contribution in [-0.4, -0.2) is 21.7 Å². The second-order valence-corrected chi connectivity index (χ2v) is 7.99. The van der Waals surface area contributed by atoms with Gasteiger partial charge in [0, 0.05) is 22.2 Å². The number of aromatic nitrogens is 2. The number of halogens is 2. The average Bonchev–Trinajstić information content (AvgIpc) is 3.30. The Morgan fingerprint density at radius 2 is 1.82 bits per heavy atom. The smallest absolute Gasteiger partial charge is 0.272 e. The molecule has 2 aromatic carbocycles. The summed E-state index contributed by atoms with van der Waals surface area (Å²) in [5.41, 5.74) is 3.76. The predicted octanol–water partition coefficient (Wildman–Crippen LogP) is 5.83. The first kappa shape index (κ1) is 19.0. The highest BCUT2D eigenvalue weighted by Gasteiger charge is 2.25. The molecule has 4 rings (SSSR count). The maximum Gasteiger partial charge on any atom is 0.272 e. The number of carbonyl (C=O) groups is 1. The van der Waals surface area contributed by atoms with Crippen molar-refractivity contribution >= 4 is 29.1 Å². The molecule has 28 heavy (non-hydrogen) atoms. The van der Waals surface area contributed by atoms with E-state index in [0.717, 1.165) is 42.5 Å². The SMILES string of the molecule is Cc1c(C(=O)NC2CCCC2)nn(-c2ccc(Cl)cc2Cl)c1-c1ccccc1. The van der Waals surface area contributed by atoms with E-state index in [4.69, 9.17) is 23.2 Å². The topological polar surface area (TPSA) is 46.9 Å². The highest BCUT2D eigenvalue weighted by atomic mass is 35.5. The lowest BCUT2D eigenvalue weighted by atomic mass is 10.1. The van der Waals surface area contributed by atoms with Crippen LogP contribution in [0.3, 0.4) is 0 Å². The Balaban J connectivity index is 1.83. The number of nitrogens with one attached hydrogen (secondary N) is 1. The van der Waals surface area contributed by atoms with E-state index in [2.05, 4.69) is 10.4 Å². The first-order valence-corrected chi connectivity index (χ1v) is 10.2. The first-order valence-electron chi connectivity index (χ1n) is 9.46. The second kappa shape index (κ2) is 7.98. The van der Waals surface area contributed by atoms with E-state index in [1.54, 1.807) is 16.8 Å². The minimum absolute atomic E-state index is 0.134. The molecule has 1 aliphatic carbocycles. The number of carbonyl (C=O) groups excluding carboxylic acids is 1. The molecule has 0 bridgehead atoms. The summed E-state index contributed by atoms with van der Waals surface area (Å²) in [5.74, 6) is -0.134. The van der Waals surface area contributed by atoms with Gasteiger partial charge in [-0.25, -0.2) is 4.68 Å². The van der Waals surface area contributed by atoms with Crippen LogP contribution in [0.2, 0.25) is 10.0 Å². The predicted molar refractivity (Wildman–Crippen MR) is 113 cm³/mol. The number of nitrogens with zero attached hydrogens (tertiary/aromatic N) is 2. The minimum Gasteiger partial charge on any atom is -0.348 e. The second-order valence-electron chi connectivity index (χ2n) is 7.15. The molecule has 0 atom stereocenters. The molecule has 0 unspecified atom stereocenters. The fourth-order valence-corrected chi connectivity index (χ4v) is 4.29. The molecule has 1 fully saturated rings. The van der Waals surface area contributed by atoms with Gasteiger partial charge in [-0.05, 0) is 38.0 Å². The van der Waals surface area contributed by atoms with Crippen LogP contribution in [0, 0.1) is 6.92 Å². The van der Waals surface area contributed by atoms with Crippen LogP contribution in [0.4, 0.5) is 0 Å². The molecule has 1 aliphatic rings. The molecule has 1 aromatic heterocycles. The van der Waals surface area contributed by atoms with E-state index in [9.17, 15) is 4.79 Å². The zero-order valence-electron chi connectivity index (χ0n) is 15.6. The summed E-state index contributed by atoms with van der Waals surface area (Å²) < 4.78 is 1.74. The number of benzene rings is 2. The van der Waals surface area contributed by atoms with Crippen molar-refractivity contribution in [2.24, 2.45) is 0 Å². The standard InChI is InChI=1S/C22H21Cl2N3O/c1-14-20(22(28)25-17-9-5-6-10-17)26-27(19-12-11-16(23)13-18(19)24)21(14)15-7-3-2-4-8-15/h2-4,7-8,11-13,17H,5-6,9-10H2,1H3,(H,25,28). The molecule has 1 N–H and O–H groups in total. The summed E-state index contributed by atoms with van der Waals surface area (Å²) in [6, 6.07) is 15.4. The molecule has 4 nitrogen and oxygen atoms in total. The summed E-state index contributed by atoms with van der Waals surface area (Å²) in [4.78, 5) is 12.9. The maximum atomic E-state index is 12.9. The van der Waals surface area contributed by atoms with Gasteiger partial charge in [0.15, 0.2) is 5.69 Å². The number of rotatable bonds is 4. The third-order valence-electron chi connectivity index (χ3n) is 5.21. The van der Waals surface area contributed by atoms with Gasteiger partial charge in [-0.1, -0.05) is 66.4 Å². The zero-order chi connectivity index (χ0) is 19.7. The van der Waals surface area contributed by atoms with Gasteiger partial charge in [0.05, 0.1) is 16.4 Å². The lowest BCUT2D eigenvalue weighted by Gasteiger charge is -2.10. The van der Waals surface area contributed by atoms with Crippen molar-refractivity contribution in [2.75, 3.05) is 0 Å². The Morgan fingerprint density at radius 3 is 2.50 bits per heavy atom. The molecule has 1 saturated carbocycles. The summed E-state index contributed by atoms with van der Waals surface area (Å²) in [6.45, 7) is 1.93. The fraction of sp³-hybridized carbons (Fsp3) is 0.273.